The molecule has 364 valence electrons. The Morgan fingerprint density at radius 3 is 2.22 bits per heavy atom. The van der Waals surface area contributed by atoms with Crippen LogP contribution in [0.25, 0.3) is 0 Å². The van der Waals surface area contributed by atoms with Crippen molar-refractivity contribution in [2.75, 3.05) is 7.11 Å². The molecular weight excluding hydrogens is 805 g/mol. The Morgan fingerprint density at radius 2 is 1.58 bits per heavy atom. The van der Waals surface area contributed by atoms with Gasteiger partial charge in [-0.1, -0.05) is 142 Å². The van der Waals surface area contributed by atoms with Crippen molar-refractivity contribution in [3.05, 3.63) is 47.6 Å². The lowest BCUT2D eigenvalue weighted by Crippen LogP contribution is -2.43. The number of carboxylic acids is 1. The van der Waals surface area contributed by atoms with Crippen molar-refractivity contribution >= 4 is 29.3 Å². The van der Waals surface area contributed by atoms with E-state index in [-0.39, 0.29) is 60.0 Å². The lowest BCUT2D eigenvalue weighted by molar-refractivity contribution is -0.161. The molecule has 1 N–H and O–H groups in total. The first-order chi connectivity index (χ1) is 30.3. The van der Waals surface area contributed by atoms with Crippen LogP contribution in [0.1, 0.15) is 185 Å². The van der Waals surface area contributed by atoms with E-state index >= 15 is 0 Å². The van der Waals surface area contributed by atoms with Crippen LogP contribution in [-0.4, -0.2) is 65.9 Å². The molecule has 9 heteroatoms. The topological polar surface area (TPSA) is 133 Å². The molecule has 0 aromatic carbocycles. The van der Waals surface area contributed by atoms with Gasteiger partial charge in [0.25, 0.3) is 0 Å². The number of hydrogen-bond donors (Lipinski definition) is 1. The Kier molecular flexibility index (Phi) is 26.9. The standard InChI is InChI=1S/C55H90O9/c1-13-14-16-24-47(55(60)61)35-50(58)51(59)52-40(6)27-29-48(64-52)28-25-36(2)20-17-15-18-21-37(3)31-43(9)53(63-45(11)56)54(62-12)44(10)41(7)34-42(8)49(57)30-26-39(5)33-46-23-19-22-38(4)32-46/h15,17-18,20-21,34,37-40,42-44,46-48,52-54H,13-14,16,19,22-33,35H2,1-12H3,(H,60,61)/b17-15+,21-18+,36-20+,41-34+/t37-,38?,39+,40?,42-,43?,44?,46?,47?,48?,52?,53?,54-/m1/s1. The van der Waals surface area contributed by atoms with Gasteiger partial charge in [0.1, 0.15) is 24.1 Å². The summed E-state index contributed by atoms with van der Waals surface area (Å²) in [5.74, 6) is -1.08. The van der Waals surface area contributed by atoms with Crippen molar-refractivity contribution in [2.45, 2.75) is 210 Å². The molecule has 0 aromatic heterocycles. The van der Waals surface area contributed by atoms with Gasteiger partial charge in [0.2, 0.25) is 11.6 Å². The number of aliphatic carboxylic acids is 1. The Hall–Kier alpha value is -3.17. The summed E-state index contributed by atoms with van der Waals surface area (Å²) in [6, 6.07) is 0. The molecule has 2 aliphatic rings. The molecule has 0 bridgehead atoms. The lowest BCUT2D eigenvalue weighted by atomic mass is 9.77. The third-order valence-corrected chi connectivity index (χ3v) is 14.3. The van der Waals surface area contributed by atoms with Crippen LogP contribution in [0.2, 0.25) is 0 Å². The monoisotopic (exact) mass is 895 g/mol. The zero-order valence-corrected chi connectivity index (χ0v) is 42.2. The van der Waals surface area contributed by atoms with Gasteiger partial charge in [-0.2, -0.15) is 0 Å². The molecule has 13 atom stereocenters. The minimum absolute atomic E-state index is 0.0118. The van der Waals surface area contributed by atoms with Gasteiger partial charge in [0.05, 0.1) is 12.0 Å². The first kappa shape index (κ1) is 57.0. The normalized spacial score (nSPS) is 25.0. The van der Waals surface area contributed by atoms with Crippen molar-refractivity contribution in [3.63, 3.8) is 0 Å². The summed E-state index contributed by atoms with van der Waals surface area (Å²) in [5, 5.41) is 9.62. The zero-order chi connectivity index (χ0) is 47.9. The Morgan fingerprint density at radius 1 is 0.859 bits per heavy atom. The van der Waals surface area contributed by atoms with Crippen molar-refractivity contribution in [1.29, 1.82) is 0 Å². The molecule has 2 rings (SSSR count). The summed E-state index contributed by atoms with van der Waals surface area (Å²) in [6.07, 6.45) is 25.3. The first-order valence-corrected chi connectivity index (χ1v) is 25.1. The van der Waals surface area contributed by atoms with Gasteiger partial charge >= 0.3 is 11.9 Å². The molecule has 0 aromatic rings. The maximum Gasteiger partial charge on any atom is 0.306 e. The molecule has 2 fully saturated rings. The second-order valence-electron chi connectivity index (χ2n) is 20.5. The molecule has 0 spiro atoms. The number of ketones is 3. The van der Waals surface area contributed by atoms with E-state index in [0.717, 1.165) is 75.2 Å². The highest BCUT2D eigenvalue weighted by molar-refractivity contribution is 6.39. The molecule has 1 heterocycles. The second-order valence-corrected chi connectivity index (χ2v) is 20.5. The van der Waals surface area contributed by atoms with Gasteiger partial charge in [-0.3, -0.25) is 24.0 Å². The van der Waals surface area contributed by atoms with Gasteiger partial charge in [-0.05, 0) is 107 Å². The molecule has 1 saturated carbocycles. The highest BCUT2D eigenvalue weighted by atomic mass is 16.6. The maximum absolute atomic E-state index is 13.3. The summed E-state index contributed by atoms with van der Waals surface area (Å²) >= 11 is 0. The summed E-state index contributed by atoms with van der Waals surface area (Å²) in [5.41, 5.74) is 2.24. The molecular formula is C55H90O9. The molecule has 1 aliphatic heterocycles. The summed E-state index contributed by atoms with van der Waals surface area (Å²) in [6.45, 7) is 22.6. The Balaban J connectivity index is 1.91. The number of methoxy groups -OCH3 is 1. The third-order valence-electron chi connectivity index (χ3n) is 14.3. The van der Waals surface area contributed by atoms with Crippen LogP contribution in [0, 0.1) is 53.3 Å². The van der Waals surface area contributed by atoms with Crippen LogP contribution in [-0.2, 0) is 38.2 Å². The van der Waals surface area contributed by atoms with Crippen LogP contribution >= 0.6 is 0 Å². The number of esters is 1. The van der Waals surface area contributed by atoms with Crippen LogP contribution in [0.15, 0.2) is 47.6 Å². The van der Waals surface area contributed by atoms with Gasteiger partial charge in [0, 0.05) is 38.7 Å². The number of ether oxygens (including phenoxy) is 3. The predicted molar refractivity (Wildman–Crippen MR) is 259 cm³/mol. The summed E-state index contributed by atoms with van der Waals surface area (Å²) in [4.78, 5) is 63.5. The average molecular weight is 895 g/mol. The number of carbonyl (C=O) groups excluding carboxylic acids is 4. The predicted octanol–water partition coefficient (Wildman–Crippen LogP) is 12.8. The van der Waals surface area contributed by atoms with E-state index in [4.69, 9.17) is 14.2 Å². The van der Waals surface area contributed by atoms with Crippen LogP contribution in [0.5, 0.6) is 0 Å². The fourth-order valence-corrected chi connectivity index (χ4v) is 10.1. The highest BCUT2D eigenvalue weighted by Crippen LogP contribution is 2.35. The number of hydrogen-bond acceptors (Lipinski definition) is 8. The van der Waals surface area contributed by atoms with E-state index in [0.29, 0.717) is 18.8 Å². The first-order valence-electron chi connectivity index (χ1n) is 25.1. The van der Waals surface area contributed by atoms with Gasteiger partial charge < -0.3 is 19.3 Å². The Bertz CT molecular complexity index is 1570. The quantitative estimate of drug-likeness (QED) is 0.0246. The van der Waals surface area contributed by atoms with Gasteiger partial charge in [-0.15, -0.1) is 0 Å². The smallest absolute Gasteiger partial charge is 0.306 e. The van der Waals surface area contributed by atoms with Gasteiger partial charge in [-0.25, -0.2) is 0 Å². The molecule has 1 saturated heterocycles. The minimum atomic E-state index is -1.02. The summed E-state index contributed by atoms with van der Waals surface area (Å²) in [7, 11) is 1.67. The number of carbonyl (C=O) groups is 5. The van der Waals surface area contributed by atoms with E-state index in [1.807, 2.05) is 39.0 Å². The molecule has 1 aliphatic carbocycles. The number of unbranched alkanes of at least 4 members (excludes halogenated alkanes) is 2. The van der Waals surface area contributed by atoms with E-state index in [1.165, 1.54) is 44.6 Å². The van der Waals surface area contributed by atoms with Crippen molar-refractivity contribution < 1.29 is 43.3 Å². The van der Waals surface area contributed by atoms with Crippen molar-refractivity contribution in [3.8, 4) is 0 Å². The zero-order valence-electron chi connectivity index (χ0n) is 42.2. The molecule has 9 unspecified atom stereocenters. The fraction of sp³-hybridized carbons (Fsp3) is 0.764. The minimum Gasteiger partial charge on any atom is -0.481 e. The van der Waals surface area contributed by atoms with Gasteiger partial charge in [0.15, 0.2) is 0 Å². The molecule has 64 heavy (non-hydrogen) atoms. The third kappa shape index (κ3) is 21.0. The lowest BCUT2D eigenvalue weighted by Gasteiger charge is -2.35. The highest BCUT2D eigenvalue weighted by Gasteiger charge is 2.38. The largest absolute Gasteiger partial charge is 0.481 e. The van der Waals surface area contributed by atoms with E-state index in [1.54, 1.807) is 7.11 Å². The summed E-state index contributed by atoms with van der Waals surface area (Å²) < 4.78 is 18.2. The molecule has 0 amide bonds. The number of carboxylic acid groups (broad SMARTS) is 1. The molecule has 9 nitrogen and oxygen atoms in total. The van der Waals surface area contributed by atoms with Crippen molar-refractivity contribution in [1.82, 2.24) is 0 Å². The van der Waals surface area contributed by atoms with E-state index < -0.39 is 35.7 Å². The fourth-order valence-electron chi connectivity index (χ4n) is 10.1. The van der Waals surface area contributed by atoms with Crippen LogP contribution in [0.4, 0.5) is 0 Å². The number of allylic oxidation sites excluding steroid dienone is 7. The van der Waals surface area contributed by atoms with Crippen LogP contribution in [0.3, 0.4) is 0 Å². The molecule has 0 radical (unpaired) electrons. The average Bonchev–Trinajstić information content (AvgIpc) is 3.23. The van der Waals surface area contributed by atoms with Crippen LogP contribution < -0.4 is 0 Å². The van der Waals surface area contributed by atoms with Crippen molar-refractivity contribution in [2.24, 2.45) is 53.3 Å². The second kappa shape index (κ2) is 30.2. The Labute approximate surface area is 389 Å². The number of Topliss-reactive ketones (excluding diaryl/α,β-unsaturated/α-hetero) is 3. The van der Waals surface area contributed by atoms with E-state index in [2.05, 4.69) is 66.7 Å². The maximum atomic E-state index is 13.3. The number of rotatable bonds is 30. The van der Waals surface area contributed by atoms with E-state index in [9.17, 15) is 29.1 Å². The SMILES string of the molecule is CCCCCC(CC(=O)C(=O)C1OC(CC/C(C)=C/C=C/C=C/[C@@H](C)CC(C)C(OC(C)=O)[C@H](OC)C(C)/C(C)=C/[C@@H](C)C(=O)CC[C@H](C)CC2CCCC(C)C2)CCC1C)C(=O)O.